The minimum absolute atomic E-state index is 0.0509. The Morgan fingerprint density at radius 2 is 2.00 bits per heavy atom. The number of hydrogen-bond acceptors (Lipinski definition) is 3. The number of carbonyl (C=O) groups excluding carboxylic acids is 1. The molecule has 0 unspecified atom stereocenters. The van der Waals surface area contributed by atoms with Crippen LogP contribution in [-0.2, 0) is 11.3 Å². The van der Waals surface area contributed by atoms with E-state index >= 15 is 0 Å². The molecule has 0 aliphatic heterocycles. The fraction of sp³-hybridized carbons (Fsp3) is 0.500. The average molecular weight is 290 g/mol. The van der Waals surface area contributed by atoms with Gasteiger partial charge >= 0.3 is 0 Å². The summed E-state index contributed by atoms with van der Waals surface area (Å²) in [5, 5.41) is 0.972. The van der Waals surface area contributed by atoms with E-state index in [1.165, 1.54) is 0 Å². The maximum Gasteiger partial charge on any atom is 0.236 e. The van der Waals surface area contributed by atoms with E-state index in [9.17, 15) is 4.79 Å². The number of rotatable bonds is 5. The van der Waals surface area contributed by atoms with Crippen LogP contribution in [0.2, 0.25) is 10.2 Å². The van der Waals surface area contributed by atoms with Crippen LogP contribution in [0.1, 0.15) is 12.6 Å². The molecule has 6 heteroatoms. The molecule has 100 valence electrons. The predicted octanol–water partition coefficient (Wildman–Crippen LogP) is 2.30. The maximum atomic E-state index is 11.7. The SMILES string of the molecule is CCN(CC(=O)N(C)C)Cc1nc(Cl)ccc1Cl. The van der Waals surface area contributed by atoms with E-state index < -0.39 is 0 Å². The molecule has 4 nitrogen and oxygen atoms in total. The lowest BCUT2D eigenvalue weighted by Gasteiger charge is -2.21. The summed E-state index contributed by atoms with van der Waals surface area (Å²) in [6, 6.07) is 3.36. The Hall–Kier alpha value is -0.840. The van der Waals surface area contributed by atoms with Crippen molar-refractivity contribution < 1.29 is 4.79 Å². The van der Waals surface area contributed by atoms with Crippen LogP contribution in [-0.4, -0.2) is 47.9 Å². The Bertz CT molecular complexity index is 424. The van der Waals surface area contributed by atoms with Crippen LogP contribution in [0, 0.1) is 0 Å². The standard InChI is InChI=1S/C12H17Cl2N3O/c1-4-17(8-12(18)16(2)3)7-10-9(13)5-6-11(14)15-10/h5-6H,4,7-8H2,1-3H3. The second kappa shape index (κ2) is 6.92. The Kier molecular flexibility index (Phi) is 5.85. The van der Waals surface area contributed by atoms with Crippen LogP contribution in [0.25, 0.3) is 0 Å². The summed E-state index contributed by atoms with van der Waals surface area (Å²) < 4.78 is 0. The first-order chi connectivity index (χ1) is 8.43. The molecule has 0 spiro atoms. The molecular weight excluding hydrogens is 273 g/mol. The van der Waals surface area contributed by atoms with Crippen molar-refractivity contribution in [3.8, 4) is 0 Å². The summed E-state index contributed by atoms with van der Waals surface area (Å²) in [4.78, 5) is 19.4. The summed E-state index contributed by atoms with van der Waals surface area (Å²) in [7, 11) is 3.47. The largest absolute Gasteiger partial charge is 0.348 e. The van der Waals surface area contributed by atoms with Gasteiger partial charge in [-0.05, 0) is 18.7 Å². The van der Waals surface area contributed by atoms with Gasteiger partial charge in [0.05, 0.1) is 17.3 Å². The smallest absolute Gasteiger partial charge is 0.236 e. The van der Waals surface area contributed by atoms with Crippen LogP contribution in [0.5, 0.6) is 0 Å². The highest BCUT2D eigenvalue weighted by Gasteiger charge is 2.13. The minimum atomic E-state index is 0.0509. The molecule has 0 saturated carbocycles. The van der Waals surface area contributed by atoms with Gasteiger partial charge in [0.25, 0.3) is 0 Å². The lowest BCUT2D eigenvalue weighted by molar-refractivity contribution is -0.130. The van der Waals surface area contributed by atoms with E-state index in [1.807, 2.05) is 11.8 Å². The number of pyridine rings is 1. The Morgan fingerprint density at radius 3 is 2.56 bits per heavy atom. The lowest BCUT2D eigenvalue weighted by Crippen LogP contribution is -2.36. The van der Waals surface area contributed by atoms with Crippen LogP contribution >= 0.6 is 23.2 Å². The van der Waals surface area contributed by atoms with E-state index in [2.05, 4.69) is 4.98 Å². The number of carbonyl (C=O) groups is 1. The molecule has 0 fully saturated rings. The van der Waals surface area contributed by atoms with Crippen molar-refractivity contribution in [3.05, 3.63) is 28.0 Å². The van der Waals surface area contributed by atoms with E-state index in [4.69, 9.17) is 23.2 Å². The molecule has 0 N–H and O–H groups in total. The van der Waals surface area contributed by atoms with Crippen molar-refractivity contribution in [2.24, 2.45) is 0 Å². The predicted molar refractivity (Wildman–Crippen MR) is 73.9 cm³/mol. The number of aromatic nitrogens is 1. The van der Waals surface area contributed by atoms with Crippen LogP contribution < -0.4 is 0 Å². The van der Waals surface area contributed by atoms with E-state index in [0.29, 0.717) is 29.0 Å². The molecule has 18 heavy (non-hydrogen) atoms. The molecule has 0 aliphatic rings. The molecule has 1 rings (SSSR count). The molecule has 1 aromatic rings. The van der Waals surface area contributed by atoms with Crippen LogP contribution in [0.4, 0.5) is 0 Å². The van der Waals surface area contributed by atoms with Crippen molar-refractivity contribution in [2.45, 2.75) is 13.5 Å². The van der Waals surface area contributed by atoms with Crippen molar-refractivity contribution >= 4 is 29.1 Å². The van der Waals surface area contributed by atoms with Gasteiger partial charge in [0.1, 0.15) is 5.15 Å². The van der Waals surface area contributed by atoms with E-state index in [0.717, 1.165) is 6.54 Å². The summed E-state index contributed by atoms with van der Waals surface area (Å²) >= 11 is 11.9. The zero-order valence-electron chi connectivity index (χ0n) is 10.8. The molecule has 1 aromatic heterocycles. The Morgan fingerprint density at radius 1 is 1.33 bits per heavy atom. The minimum Gasteiger partial charge on any atom is -0.348 e. The van der Waals surface area contributed by atoms with Crippen molar-refractivity contribution in [2.75, 3.05) is 27.2 Å². The first kappa shape index (κ1) is 15.2. The van der Waals surface area contributed by atoms with E-state index in [-0.39, 0.29) is 5.91 Å². The topological polar surface area (TPSA) is 36.4 Å². The molecule has 1 amide bonds. The molecule has 0 aliphatic carbocycles. The fourth-order valence-electron chi connectivity index (χ4n) is 1.39. The molecule has 0 aromatic carbocycles. The summed E-state index contributed by atoms with van der Waals surface area (Å²) in [5.41, 5.74) is 0.692. The van der Waals surface area contributed by atoms with Gasteiger partial charge in [0.15, 0.2) is 0 Å². The number of hydrogen-bond donors (Lipinski definition) is 0. The van der Waals surface area contributed by atoms with Gasteiger partial charge in [-0.15, -0.1) is 0 Å². The third kappa shape index (κ3) is 4.44. The molecular formula is C12H17Cl2N3O. The zero-order chi connectivity index (χ0) is 13.7. The normalized spacial score (nSPS) is 10.8. The third-order valence-corrected chi connectivity index (χ3v) is 3.12. The fourth-order valence-corrected chi connectivity index (χ4v) is 1.72. The zero-order valence-corrected chi connectivity index (χ0v) is 12.3. The molecule has 0 atom stereocenters. The highest BCUT2D eigenvalue weighted by atomic mass is 35.5. The van der Waals surface area contributed by atoms with Crippen molar-refractivity contribution in [1.29, 1.82) is 0 Å². The van der Waals surface area contributed by atoms with Crippen molar-refractivity contribution in [1.82, 2.24) is 14.8 Å². The number of nitrogens with zero attached hydrogens (tertiary/aromatic N) is 3. The van der Waals surface area contributed by atoms with Gasteiger partial charge in [-0.1, -0.05) is 30.1 Å². The summed E-state index contributed by atoms with van der Waals surface area (Å²) in [6.07, 6.45) is 0. The molecule has 0 radical (unpaired) electrons. The van der Waals surface area contributed by atoms with Gasteiger partial charge in [-0.25, -0.2) is 4.98 Å². The molecule has 0 bridgehead atoms. The van der Waals surface area contributed by atoms with Gasteiger partial charge in [-0.2, -0.15) is 0 Å². The number of halogens is 2. The summed E-state index contributed by atoms with van der Waals surface area (Å²) in [6.45, 7) is 3.58. The number of likely N-dealkylation sites (N-methyl/N-ethyl adjacent to an activating group) is 2. The average Bonchev–Trinajstić information content (AvgIpc) is 2.32. The Labute approximate surface area is 117 Å². The van der Waals surface area contributed by atoms with Crippen LogP contribution in [0.3, 0.4) is 0 Å². The first-order valence-corrected chi connectivity index (χ1v) is 6.43. The second-order valence-electron chi connectivity index (χ2n) is 4.15. The maximum absolute atomic E-state index is 11.7. The first-order valence-electron chi connectivity index (χ1n) is 5.67. The van der Waals surface area contributed by atoms with E-state index in [1.54, 1.807) is 31.1 Å². The quantitative estimate of drug-likeness (QED) is 0.781. The molecule has 0 saturated heterocycles. The Balaban J connectivity index is 2.73. The van der Waals surface area contributed by atoms with Gasteiger partial charge in [0, 0.05) is 20.6 Å². The highest BCUT2D eigenvalue weighted by Crippen LogP contribution is 2.18. The number of amides is 1. The lowest BCUT2D eigenvalue weighted by atomic mass is 10.3. The van der Waals surface area contributed by atoms with Gasteiger partial charge < -0.3 is 4.90 Å². The van der Waals surface area contributed by atoms with Crippen LogP contribution in [0.15, 0.2) is 12.1 Å². The third-order valence-electron chi connectivity index (χ3n) is 2.56. The highest BCUT2D eigenvalue weighted by molar-refractivity contribution is 6.32. The van der Waals surface area contributed by atoms with Gasteiger partial charge in [-0.3, -0.25) is 9.69 Å². The summed E-state index contributed by atoms with van der Waals surface area (Å²) in [5.74, 6) is 0.0509. The molecule has 1 heterocycles. The van der Waals surface area contributed by atoms with Crippen molar-refractivity contribution in [3.63, 3.8) is 0 Å². The van der Waals surface area contributed by atoms with Gasteiger partial charge in [0.2, 0.25) is 5.91 Å². The second-order valence-corrected chi connectivity index (χ2v) is 4.95. The monoisotopic (exact) mass is 289 g/mol.